The molecule has 2 fully saturated rings. The molecule has 38 heavy (non-hydrogen) atoms. The number of anilines is 2. The average molecular weight is 558 g/mol. The number of halogens is 2. The average Bonchev–Trinajstić information content (AvgIpc) is 3.51. The molecule has 2 aliphatic heterocycles. The molecule has 2 aromatic heterocycles. The van der Waals surface area contributed by atoms with Crippen LogP contribution in [0.1, 0.15) is 12.8 Å². The minimum atomic E-state index is -0.563. The molecule has 9 nitrogen and oxygen atoms in total. The fourth-order valence-electron chi connectivity index (χ4n) is 5.38. The van der Waals surface area contributed by atoms with Crippen molar-refractivity contribution in [2.75, 3.05) is 57.1 Å². The van der Waals surface area contributed by atoms with Gasteiger partial charge in [-0.2, -0.15) is 9.97 Å². The highest BCUT2D eigenvalue weighted by Gasteiger charge is 2.28. The van der Waals surface area contributed by atoms with Gasteiger partial charge in [-0.25, -0.2) is 9.37 Å². The van der Waals surface area contributed by atoms with Crippen molar-refractivity contribution in [3.8, 4) is 17.1 Å². The minimum absolute atomic E-state index is 0.0169. The summed E-state index contributed by atoms with van der Waals surface area (Å²) >= 11 is 8.10. The molecular formula is C26H29ClFN7O2S. The zero-order chi connectivity index (χ0) is 26.4. The maximum Gasteiger partial charge on any atom is 0.319 e. The number of aliphatic hydroxyl groups excluding tert-OH is 1. The van der Waals surface area contributed by atoms with E-state index in [4.69, 9.17) is 27.1 Å². The van der Waals surface area contributed by atoms with Crippen LogP contribution in [0.5, 0.6) is 6.01 Å². The summed E-state index contributed by atoms with van der Waals surface area (Å²) in [6.07, 6.45) is 2.14. The summed E-state index contributed by atoms with van der Waals surface area (Å²) in [5, 5.41) is 14.2. The zero-order valence-electron chi connectivity index (χ0n) is 21.0. The van der Waals surface area contributed by atoms with Gasteiger partial charge in [0, 0.05) is 48.2 Å². The summed E-state index contributed by atoms with van der Waals surface area (Å²) in [5.74, 6) is -0.0277. The molecule has 4 heterocycles. The Morgan fingerprint density at radius 1 is 1.26 bits per heavy atom. The lowest BCUT2D eigenvalue weighted by Crippen LogP contribution is -2.52. The summed E-state index contributed by atoms with van der Waals surface area (Å²) in [5.41, 5.74) is 7.45. The van der Waals surface area contributed by atoms with E-state index < -0.39 is 5.82 Å². The molecule has 6 rings (SSSR count). The number of aliphatic hydroxyl groups is 1. The summed E-state index contributed by atoms with van der Waals surface area (Å²) in [7, 11) is 2.07. The van der Waals surface area contributed by atoms with Gasteiger partial charge >= 0.3 is 6.01 Å². The van der Waals surface area contributed by atoms with Gasteiger partial charge in [-0.05, 0) is 38.6 Å². The minimum Gasteiger partial charge on any atom is -0.462 e. The van der Waals surface area contributed by atoms with Crippen LogP contribution in [0, 0.1) is 5.82 Å². The second-order valence-corrected chi connectivity index (χ2v) is 11.3. The number of thiazole rings is 1. The van der Waals surface area contributed by atoms with Crippen LogP contribution in [0.3, 0.4) is 0 Å². The van der Waals surface area contributed by atoms with E-state index in [0.717, 1.165) is 24.1 Å². The van der Waals surface area contributed by atoms with E-state index in [9.17, 15) is 5.11 Å². The molecule has 0 amide bonds. The van der Waals surface area contributed by atoms with Gasteiger partial charge in [0.25, 0.3) is 0 Å². The molecule has 2 saturated heterocycles. The van der Waals surface area contributed by atoms with Crippen molar-refractivity contribution in [3.05, 3.63) is 35.1 Å². The van der Waals surface area contributed by atoms with Crippen LogP contribution in [0.4, 0.5) is 15.3 Å². The van der Waals surface area contributed by atoms with E-state index in [-0.39, 0.29) is 40.8 Å². The zero-order valence-corrected chi connectivity index (χ0v) is 22.5. The quantitative estimate of drug-likeness (QED) is 0.328. The van der Waals surface area contributed by atoms with E-state index in [1.807, 2.05) is 17.0 Å². The van der Waals surface area contributed by atoms with Crippen LogP contribution in [0.25, 0.3) is 32.2 Å². The highest BCUT2D eigenvalue weighted by Crippen LogP contribution is 2.42. The largest absolute Gasteiger partial charge is 0.462 e. The first-order chi connectivity index (χ1) is 18.4. The van der Waals surface area contributed by atoms with Crippen molar-refractivity contribution in [2.24, 2.45) is 0 Å². The first-order valence-electron chi connectivity index (χ1n) is 12.7. The summed E-state index contributed by atoms with van der Waals surface area (Å²) < 4.78 is 23.4. The molecule has 2 aliphatic rings. The highest BCUT2D eigenvalue weighted by molar-refractivity contribution is 7.22. The third kappa shape index (κ3) is 4.62. The molecule has 0 spiro atoms. The number of ether oxygens (including phenoxy) is 1. The third-order valence-corrected chi connectivity index (χ3v) is 8.55. The number of rotatable bonds is 6. The topological polar surface area (TPSA) is 113 Å². The molecule has 0 unspecified atom stereocenters. The van der Waals surface area contributed by atoms with E-state index in [2.05, 4.69) is 27.2 Å². The Morgan fingerprint density at radius 3 is 2.92 bits per heavy atom. The van der Waals surface area contributed by atoms with Crippen molar-refractivity contribution >= 4 is 55.0 Å². The number of likely N-dealkylation sites (N-methyl/N-ethyl adjacent to an activating group) is 1. The second-order valence-electron chi connectivity index (χ2n) is 9.85. The molecule has 12 heteroatoms. The maximum atomic E-state index is 16.5. The van der Waals surface area contributed by atoms with Gasteiger partial charge in [-0.3, -0.25) is 0 Å². The number of benzene rings is 2. The number of nitrogens with one attached hydrogen (secondary N) is 1. The fraction of sp³-hybridized carbons (Fsp3) is 0.423. The maximum absolute atomic E-state index is 16.5. The van der Waals surface area contributed by atoms with Crippen molar-refractivity contribution in [3.63, 3.8) is 0 Å². The lowest BCUT2D eigenvalue weighted by molar-refractivity contribution is 0.188. The Hall–Kier alpha value is -2.83. The van der Waals surface area contributed by atoms with E-state index in [0.29, 0.717) is 53.7 Å². The number of para-hydroxylation sites is 1. The summed E-state index contributed by atoms with van der Waals surface area (Å²) in [4.78, 5) is 18.0. The van der Waals surface area contributed by atoms with Gasteiger partial charge in [0.15, 0.2) is 10.9 Å². The second kappa shape index (κ2) is 10.4. The van der Waals surface area contributed by atoms with Crippen molar-refractivity contribution in [2.45, 2.75) is 24.9 Å². The predicted octanol–water partition coefficient (Wildman–Crippen LogP) is 3.52. The molecule has 200 valence electrons. The van der Waals surface area contributed by atoms with Gasteiger partial charge in [0.05, 0.1) is 21.8 Å². The van der Waals surface area contributed by atoms with Crippen molar-refractivity contribution in [1.29, 1.82) is 0 Å². The monoisotopic (exact) mass is 557 g/mol. The molecule has 0 bridgehead atoms. The van der Waals surface area contributed by atoms with E-state index in [1.54, 1.807) is 12.1 Å². The van der Waals surface area contributed by atoms with Crippen LogP contribution in [0.2, 0.25) is 5.02 Å². The van der Waals surface area contributed by atoms with Gasteiger partial charge in [-0.15, -0.1) is 0 Å². The number of nitrogen functional groups attached to an aromatic ring is 1. The smallest absolute Gasteiger partial charge is 0.319 e. The van der Waals surface area contributed by atoms with Crippen LogP contribution in [0.15, 0.2) is 24.3 Å². The van der Waals surface area contributed by atoms with Crippen molar-refractivity contribution in [1.82, 2.24) is 25.2 Å². The Kier molecular flexibility index (Phi) is 6.95. The number of fused-ring (bicyclic) bond motifs is 2. The van der Waals surface area contributed by atoms with E-state index >= 15 is 4.39 Å². The first kappa shape index (κ1) is 25.4. The molecule has 0 aliphatic carbocycles. The number of nitrogens with zero attached hydrogens (tertiary/aromatic N) is 5. The molecule has 4 aromatic rings. The van der Waals surface area contributed by atoms with Crippen LogP contribution < -0.4 is 20.7 Å². The van der Waals surface area contributed by atoms with Gasteiger partial charge in [0.2, 0.25) is 0 Å². The van der Waals surface area contributed by atoms with Gasteiger partial charge in [0.1, 0.15) is 17.9 Å². The highest BCUT2D eigenvalue weighted by atomic mass is 35.5. The molecule has 2 aromatic carbocycles. The Bertz CT molecular complexity index is 1500. The molecule has 4 N–H and O–H groups in total. The number of hydrogen-bond acceptors (Lipinski definition) is 10. The number of piperazine rings is 1. The van der Waals surface area contributed by atoms with Crippen LogP contribution in [-0.4, -0.2) is 83.5 Å². The number of aromatic nitrogens is 3. The molecule has 2 atom stereocenters. The normalized spacial score (nSPS) is 20.6. The Morgan fingerprint density at radius 2 is 2.13 bits per heavy atom. The molecule has 0 radical (unpaired) electrons. The third-order valence-electron chi connectivity index (χ3n) is 7.40. The fourth-order valence-corrected chi connectivity index (χ4v) is 6.44. The lowest BCUT2D eigenvalue weighted by atomic mass is 10.0. The van der Waals surface area contributed by atoms with Crippen LogP contribution >= 0.6 is 22.9 Å². The Labute approximate surface area is 228 Å². The summed E-state index contributed by atoms with van der Waals surface area (Å²) in [6, 6.07) is 7.48. The standard InChI is InChI=1S/C26H29ClFN7O2S/c1-34-8-3-4-15(34)13-37-26-32-23-17(24(33-26)35-9-7-30-14(11-35)12-36)10-18(27)20(21(23)28)16-5-2-6-19-22(16)31-25(29)38-19/h2,5-6,10,14-15,30,36H,3-4,7-9,11-13H2,1H3,(H2,29,31)/t14-,15+/m1/s1. The number of likely N-dealkylation sites (tertiary alicyclic amines) is 1. The van der Waals surface area contributed by atoms with E-state index in [1.165, 1.54) is 11.3 Å². The number of hydrogen-bond donors (Lipinski definition) is 3. The Balaban J connectivity index is 1.50. The van der Waals surface area contributed by atoms with Crippen molar-refractivity contribution < 1.29 is 14.2 Å². The lowest BCUT2D eigenvalue weighted by Gasteiger charge is -2.34. The molecular weight excluding hydrogens is 529 g/mol. The predicted molar refractivity (Wildman–Crippen MR) is 150 cm³/mol. The number of nitrogens with two attached hydrogens (primary N) is 1. The summed E-state index contributed by atoms with van der Waals surface area (Å²) in [6.45, 7) is 3.21. The van der Waals surface area contributed by atoms with Gasteiger partial charge in [-0.1, -0.05) is 35.1 Å². The first-order valence-corrected chi connectivity index (χ1v) is 13.9. The SMILES string of the molecule is CN1CCC[C@H]1COc1nc(N2CCN[C@@H](CO)C2)c2cc(Cl)c(-c3cccc4sc(N)nc34)c(F)c2n1. The van der Waals surface area contributed by atoms with Crippen LogP contribution in [-0.2, 0) is 0 Å². The molecule has 0 saturated carbocycles. The van der Waals surface area contributed by atoms with Gasteiger partial charge < -0.3 is 30.7 Å².